The van der Waals surface area contributed by atoms with Gasteiger partial charge in [-0.1, -0.05) is 58.1 Å². The third-order valence-corrected chi connectivity index (χ3v) is 8.08. The smallest absolute Gasteiger partial charge is 0.245 e. The van der Waals surface area contributed by atoms with Crippen LogP contribution in [0.4, 0.5) is 0 Å². The van der Waals surface area contributed by atoms with Crippen LogP contribution in [0.2, 0.25) is 0 Å². The number of piperidine rings is 1. The number of aliphatic hydroxyl groups excluding tert-OH is 1. The molecule has 3 N–H and O–H groups in total. The monoisotopic (exact) mass is 503 g/mol. The fourth-order valence-electron chi connectivity index (χ4n) is 5.94. The van der Waals surface area contributed by atoms with Gasteiger partial charge in [0.2, 0.25) is 18.3 Å². The molecule has 1 saturated heterocycles. The number of hydrogen-bond acceptors (Lipinski definition) is 5. The van der Waals surface area contributed by atoms with Gasteiger partial charge in [-0.2, -0.15) is 0 Å². The maximum Gasteiger partial charge on any atom is 0.245 e. The third kappa shape index (κ3) is 8.48. The number of nitrogens with zero attached hydrogens (tertiary/aromatic N) is 3. The molecular weight excluding hydrogens is 452 g/mol. The molecule has 2 heterocycles. The molecule has 0 aromatic carbocycles. The van der Waals surface area contributed by atoms with Gasteiger partial charge in [-0.05, 0) is 44.1 Å². The van der Waals surface area contributed by atoms with Crippen molar-refractivity contribution in [2.75, 3.05) is 40.3 Å². The largest absolute Gasteiger partial charge is 0.400 e. The Morgan fingerprint density at radius 1 is 1.19 bits per heavy atom. The molecule has 2 fully saturated rings. The summed E-state index contributed by atoms with van der Waals surface area (Å²) in [4.78, 5) is 18.3. The lowest BCUT2D eigenvalue weighted by molar-refractivity contribution is -0.721. The molecule has 0 bridgehead atoms. The number of carbonyl (C=O) groups excluding carboxylic acids is 1. The van der Waals surface area contributed by atoms with Crippen molar-refractivity contribution in [2.45, 2.75) is 83.1 Å². The van der Waals surface area contributed by atoms with Crippen LogP contribution in [0.5, 0.6) is 0 Å². The van der Waals surface area contributed by atoms with Crippen molar-refractivity contribution in [3.8, 4) is 0 Å². The van der Waals surface area contributed by atoms with Crippen molar-refractivity contribution >= 4 is 12.1 Å². The van der Waals surface area contributed by atoms with E-state index >= 15 is 0 Å². The van der Waals surface area contributed by atoms with Crippen molar-refractivity contribution in [1.82, 2.24) is 15.1 Å². The van der Waals surface area contributed by atoms with E-state index in [4.69, 9.17) is 5.11 Å². The fourth-order valence-corrected chi connectivity index (χ4v) is 5.94. The molecule has 1 aliphatic carbocycles. The number of allylic oxidation sites excluding steroid dienone is 2. The Labute approximate surface area is 219 Å². The summed E-state index contributed by atoms with van der Waals surface area (Å²) in [6, 6.07) is 0. The minimum Gasteiger partial charge on any atom is -0.400 e. The highest BCUT2D eigenvalue weighted by Crippen LogP contribution is 2.36. The van der Waals surface area contributed by atoms with Gasteiger partial charge in [0.25, 0.3) is 0 Å². The molecule has 1 amide bonds. The molecule has 0 aromatic heterocycles. The van der Waals surface area contributed by atoms with Crippen LogP contribution in [0, 0.1) is 11.8 Å². The minimum absolute atomic E-state index is 0.141. The Morgan fingerprint density at radius 2 is 1.89 bits per heavy atom. The van der Waals surface area contributed by atoms with Crippen LogP contribution in [0.1, 0.15) is 77.6 Å². The van der Waals surface area contributed by atoms with Crippen LogP contribution in [0.25, 0.3) is 0 Å². The fraction of sp³-hybridized carbons (Fsp3) is 0.724. The number of unbranched alkanes of at least 4 members (excludes halogenated alkanes) is 1. The van der Waals surface area contributed by atoms with Crippen molar-refractivity contribution < 1.29 is 19.8 Å². The second kappa shape index (κ2) is 15.9. The van der Waals surface area contributed by atoms with Gasteiger partial charge in [0, 0.05) is 62.8 Å². The number of rotatable bonds is 11. The number of hydroxylamine groups is 1. The van der Waals surface area contributed by atoms with Gasteiger partial charge in [0.05, 0.1) is 0 Å². The van der Waals surface area contributed by atoms with E-state index < -0.39 is 5.54 Å². The van der Waals surface area contributed by atoms with E-state index in [2.05, 4.69) is 34.7 Å². The average molecular weight is 504 g/mol. The predicted molar refractivity (Wildman–Crippen MR) is 147 cm³/mol. The van der Waals surface area contributed by atoms with Gasteiger partial charge in [0.1, 0.15) is 5.54 Å². The Kier molecular flexibility index (Phi) is 13.3. The Hall–Kier alpha value is -2.12. The van der Waals surface area contributed by atoms with E-state index in [0.29, 0.717) is 0 Å². The zero-order chi connectivity index (χ0) is 26.4. The molecule has 3 rings (SSSR count). The second-order valence-electron chi connectivity index (χ2n) is 10.4. The molecule has 1 saturated carbocycles. The lowest BCUT2D eigenvalue weighted by Crippen LogP contribution is -2.62. The van der Waals surface area contributed by atoms with Gasteiger partial charge in [-0.25, -0.2) is 0 Å². The first-order chi connectivity index (χ1) is 17.5. The summed E-state index contributed by atoms with van der Waals surface area (Å²) < 4.78 is 1.09. The first-order valence-electron chi connectivity index (χ1n) is 14.0. The molecule has 3 aliphatic rings. The number of nitrogens with one attached hydrogen (secondary N) is 1. The highest BCUT2D eigenvalue weighted by molar-refractivity contribution is 5.86. The quantitative estimate of drug-likeness (QED) is 0.289. The second-order valence-corrected chi connectivity index (χ2v) is 10.4. The summed E-state index contributed by atoms with van der Waals surface area (Å²) in [5.74, 6) is 1.22. The summed E-state index contributed by atoms with van der Waals surface area (Å²) >= 11 is 0. The molecule has 36 heavy (non-hydrogen) atoms. The van der Waals surface area contributed by atoms with E-state index in [0.717, 1.165) is 81.7 Å². The number of likely N-dealkylation sites (N-methyl/N-ethyl adjacent to an activating group) is 1. The minimum atomic E-state index is -0.505. The van der Waals surface area contributed by atoms with Crippen LogP contribution >= 0.6 is 0 Å². The predicted octanol–water partition coefficient (Wildman–Crippen LogP) is 4.32. The molecule has 0 aromatic rings. The summed E-state index contributed by atoms with van der Waals surface area (Å²) in [6.45, 7) is 10.3. The highest BCUT2D eigenvalue weighted by atomic mass is 16.5. The van der Waals surface area contributed by atoms with Crippen LogP contribution < -0.4 is 5.32 Å². The number of carbonyl (C=O) groups is 1. The summed E-state index contributed by atoms with van der Waals surface area (Å²) in [7, 11) is 2.78. The van der Waals surface area contributed by atoms with E-state index in [-0.39, 0.29) is 11.8 Å². The van der Waals surface area contributed by atoms with Gasteiger partial charge in [0.15, 0.2) is 0 Å². The zero-order valence-corrected chi connectivity index (χ0v) is 23.0. The van der Waals surface area contributed by atoms with Crippen molar-refractivity contribution in [2.24, 2.45) is 11.8 Å². The maximum absolute atomic E-state index is 13.4. The normalized spacial score (nSPS) is 22.1. The third-order valence-electron chi connectivity index (χ3n) is 8.08. The van der Waals surface area contributed by atoms with Gasteiger partial charge >= 0.3 is 0 Å². The molecule has 7 heteroatoms. The lowest BCUT2D eigenvalue weighted by Gasteiger charge is -2.49. The summed E-state index contributed by atoms with van der Waals surface area (Å²) in [5.41, 5.74) is 0.652. The van der Waals surface area contributed by atoms with Crippen molar-refractivity contribution in [3.05, 3.63) is 36.7 Å². The lowest BCUT2D eigenvalue weighted by atomic mass is 9.82. The zero-order valence-electron chi connectivity index (χ0n) is 23.0. The van der Waals surface area contributed by atoms with Crippen molar-refractivity contribution in [3.63, 3.8) is 0 Å². The number of amides is 1. The highest BCUT2D eigenvalue weighted by Gasteiger charge is 2.46. The topological polar surface area (TPSA) is 79.1 Å². The van der Waals surface area contributed by atoms with Gasteiger partial charge in [-0.15, -0.1) is 0 Å². The molecule has 2 aliphatic heterocycles. The Balaban J connectivity index is 0.00000222. The SMILES string of the molecule is C=C(CCC1CCCCC1)N(CCCC)C1(C(=O)NC)CCN(CC2C=CC=[N+](O)C=C2)CC1.CO. The van der Waals surface area contributed by atoms with E-state index in [1.807, 2.05) is 12.2 Å². The van der Waals surface area contributed by atoms with Crippen molar-refractivity contribution in [1.29, 1.82) is 0 Å². The summed E-state index contributed by atoms with van der Waals surface area (Å²) in [6.07, 6.45) is 22.3. The average Bonchev–Trinajstić information content (AvgIpc) is 3.13. The molecule has 204 valence electrons. The van der Waals surface area contributed by atoms with Crippen LogP contribution in [-0.2, 0) is 4.79 Å². The molecule has 1 atom stereocenters. The maximum atomic E-state index is 13.4. The van der Waals surface area contributed by atoms with Crippen LogP contribution in [-0.4, -0.2) is 82.8 Å². The molecule has 7 nitrogen and oxygen atoms in total. The standard InChI is InChI=1S/C28H46N4O2.CH4O/c1-4-5-19-32(24(2)13-14-25-10-7-6-8-11-25)28(27(33)29-3)16-21-30(22-17-28)23-26-12-9-18-31(34)20-15-26;1-2/h9,12,15,18,20,25-26H,2,4-8,10-11,13-14,16-17,19,21-23H2,1,3H3,(H-,29,33,34);2H,1H3/p+1. The number of hydrogen-bond donors (Lipinski definition) is 3. The van der Waals surface area contributed by atoms with Gasteiger partial charge in [-0.3, -0.25) is 10.0 Å². The van der Waals surface area contributed by atoms with Crippen LogP contribution in [0.15, 0.2) is 36.7 Å². The van der Waals surface area contributed by atoms with Crippen LogP contribution in [0.3, 0.4) is 0 Å². The number of aliphatic hydroxyl groups is 1. The Morgan fingerprint density at radius 3 is 2.53 bits per heavy atom. The van der Waals surface area contributed by atoms with E-state index in [1.54, 1.807) is 19.5 Å². The van der Waals surface area contributed by atoms with Gasteiger partial charge < -0.3 is 20.2 Å². The molecule has 1 unspecified atom stereocenters. The number of likely N-dealkylation sites (tertiary alicyclic amines) is 1. The first-order valence-corrected chi connectivity index (χ1v) is 14.0. The molecule has 0 spiro atoms. The summed E-state index contributed by atoms with van der Waals surface area (Å²) in [5, 5.41) is 19.7. The Bertz CT molecular complexity index is 762. The molecular formula is C29H51N4O3+. The first kappa shape index (κ1) is 30.1. The van der Waals surface area contributed by atoms with E-state index in [9.17, 15) is 10.0 Å². The molecule has 0 radical (unpaired) electrons. The van der Waals surface area contributed by atoms with E-state index in [1.165, 1.54) is 38.5 Å².